The molecule has 0 amide bonds. The maximum absolute atomic E-state index is 14.3. The number of halogens is 4. The third-order valence-corrected chi connectivity index (χ3v) is 6.56. The molecule has 1 aromatic carbocycles. The fourth-order valence-corrected chi connectivity index (χ4v) is 5.15. The van der Waals surface area contributed by atoms with Crippen molar-refractivity contribution in [2.45, 2.75) is 29.0 Å². The van der Waals surface area contributed by atoms with E-state index in [-0.39, 0.29) is 21.5 Å². The number of oxime groups is 1. The van der Waals surface area contributed by atoms with Crippen LogP contribution in [0.25, 0.3) is 10.1 Å². The van der Waals surface area contributed by atoms with Crippen molar-refractivity contribution in [2.24, 2.45) is 10.9 Å². The zero-order chi connectivity index (χ0) is 19.8. The van der Waals surface area contributed by atoms with Crippen LogP contribution in [-0.2, 0) is 0 Å². The van der Waals surface area contributed by atoms with E-state index in [9.17, 15) is 17.6 Å². The summed E-state index contributed by atoms with van der Waals surface area (Å²) in [4.78, 5) is 1.80. The predicted octanol–water partition coefficient (Wildman–Crippen LogP) is 4.06. The summed E-state index contributed by atoms with van der Waals surface area (Å²) in [6.45, 7) is 1.02. The van der Waals surface area contributed by atoms with E-state index in [2.05, 4.69) is 10.5 Å². The normalized spacial score (nSPS) is 22.3. The first-order valence-electron chi connectivity index (χ1n) is 8.08. The molecule has 0 spiro atoms. The predicted molar refractivity (Wildman–Crippen MR) is 101 cm³/mol. The van der Waals surface area contributed by atoms with Gasteiger partial charge in [-0.25, -0.2) is 4.39 Å². The molecule has 3 rings (SSSR count). The van der Waals surface area contributed by atoms with Crippen molar-refractivity contribution < 1.29 is 22.8 Å². The molecule has 0 unspecified atom stereocenters. The Labute approximate surface area is 161 Å². The van der Waals surface area contributed by atoms with Gasteiger partial charge >= 0.3 is 5.51 Å². The largest absolute Gasteiger partial charge is 0.446 e. The molecule has 0 radical (unpaired) electrons. The molecule has 0 saturated carbocycles. The number of likely N-dealkylation sites (tertiary alicyclic amines) is 1. The summed E-state index contributed by atoms with van der Waals surface area (Å²) in [6.07, 6.45) is -0.511. The second-order valence-electron chi connectivity index (χ2n) is 6.29. The summed E-state index contributed by atoms with van der Waals surface area (Å²) < 4.78 is 53.9. The van der Waals surface area contributed by atoms with E-state index in [0.717, 1.165) is 17.9 Å². The Morgan fingerprint density at radius 1 is 1.44 bits per heavy atom. The van der Waals surface area contributed by atoms with E-state index >= 15 is 0 Å². The van der Waals surface area contributed by atoms with E-state index in [1.165, 1.54) is 0 Å². The number of nitrogens with one attached hydrogen (secondary N) is 1. The third-order valence-electron chi connectivity index (χ3n) is 4.31. The number of nitrogens with zero attached hydrogens (tertiary/aromatic N) is 2. The van der Waals surface area contributed by atoms with Gasteiger partial charge in [-0.3, -0.25) is 0 Å². The monoisotopic (exact) mass is 422 g/mol. The van der Waals surface area contributed by atoms with Crippen molar-refractivity contribution in [1.82, 2.24) is 4.90 Å². The van der Waals surface area contributed by atoms with E-state index in [1.54, 1.807) is 18.2 Å². The Morgan fingerprint density at radius 3 is 2.81 bits per heavy atom. The van der Waals surface area contributed by atoms with Gasteiger partial charge in [0.15, 0.2) is 5.84 Å². The van der Waals surface area contributed by atoms with E-state index in [0.29, 0.717) is 28.7 Å². The molecule has 1 aliphatic rings. The van der Waals surface area contributed by atoms with Crippen molar-refractivity contribution >= 4 is 44.7 Å². The summed E-state index contributed by atoms with van der Waals surface area (Å²) in [5.41, 5.74) is 1.60. The molecule has 2 atom stereocenters. The Hall–Kier alpha value is -1.72. The number of fused-ring (bicyclic) bond motifs is 1. The van der Waals surface area contributed by atoms with Crippen molar-refractivity contribution in [3.8, 4) is 0 Å². The summed E-state index contributed by atoms with van der Waals surface area (Å²) >= 11 is 0.675. The zero-order valence-electron chi connectivity index (χ0n) is 14.3. The van der Waals surface area contributed by atoms with Gasteiger partial charge in [-0.2, -0.15) is 13.2 Å². The summed E-state index contributed by atoms with van der Waals surface area (Å²) in [5, 5.41) is 15.2. The minimum Gasteiger partial charge on any atom is -0.409 e. The third kappa shape index (κ3) is 4.41. The van der Waals surface area contributed by atoms with Crippen LogP contribution in [0.5, 0.6) is 0 Å². The van der Waals surface area contributed by atoms with Crippen LogP contribution in [0.4, 0.5) is 23.2 Å². The van der Waals surface area contributed by atoms with Crippen LogP contribution in [-0.4, -0.2) is 53.8 Å². The number of alkyl halides is 4. The van der Waals surface area contributed by atoms with Crippen LogP contribution in [0.2, 0.25) is 0 Å². The van der Waals surface area contributed by atoms with Crippen LogP contribution in [0.3, 0.4) is 0 Å². The molecule has 2 heterocycles. The van der Waals surface area contributed by atoms with Gasteiger partial charge in [0.2, 0.25) is 0 Å². The fourth-order valence-electron chi connectivity index (χ4n) is 3.06. The topological polar surface area (TPSA) is 73.9 Å². The first kappa shape index (κ1) is 20.0. The van der Waals surface area contributed by atoms with Gasteiger partial charge in [0.1, 0.15) is 6.17 Å². The molecule has 1 saturated heterocycles. The SMILES string of the molecule is CN1CC[C@@H](Nc2cccc3c(SC(F)(F)F)c(/C(N)=N/O)sc23)[C@@H](F)C1. The molecule has 11 heteroatoms. The van der Waals surface area contributed by atoms with Gasteiger partial charge in [0.25, 0.3) is 0 Å². The number of thiophene rings is 1. The molecule has 148 valence electrons. The number of thioether (sulfide) groups is 1. The molecule has 1 aromatic heterocycles. The van der Waals surface area contributed by atoms with Crippen molar-refractivity contribution in [1.29, 1.82) is 0 Å². The molecular weight excluding hydrogens is 404 g/mol. The lowest BCUT2D eigenvalue weighted by Crippen LogP contribution is -2.46. The molecule has 0 aliphatic carbocycles. The fraction of sp³-hybridized carbons (Fsp3) is 0.438. The highest BCUT2D eigenvalue weighted by molar-refractivity contribution is 8.00. The van der Waals surface area contributed by atoms with Crippen LogP contribution in [0.1, 0.15) is 11.3 Å². The second kappa shape index (κ2) is 7.72. The Kier molecular flexibility index (Phi) is 5.73. The molecule has 2 aromatic rings. The lowest BCUT2D eigenvalue weighted by molar-refractivity contribution is -0.0327. The first-order chi connectivity index (χ1) is 12.7. The molecule has 1 fully saturated rings. The highest BCUT2D eigenvalue weighted by atomic mass is 32.2. The van der Waals surface area contributed by atoms with Gasteiger partial charge in [0, 0.05) is 23.4 Å². The minimum absolute atomic E-state index is 0.0317. The molecule has 0 bridgehead atoms. The number of nitrogens with two attached hydrogens (primary N) is 1. The average molecular weight is 422 g/mol. The van der Waals surface area contributed by atoms with Crippen LogP contribution in [0.15, 0.2) is 28.3 Å². The lowest BCUT2D eigenvalue weighted by atomic mass is 10.0. The van der Waals surface area contributed by atoms with Gasteiger partial charge in [0.05, 0.1) is 21.3 Å². The maximum Gasteiger partial charge on any atom is 0.446 e. The molecule has 1 aliphatic heterocycles. The van der Waals surface area contributed by atoms with Gasteiger partial charge < -0.3 is 21.2 Å². The minimum atomic E-state index is -4.53. The Balaban J connectivity index is 2.03. The lowest BCUT2D eigenvalue weighted by Gasteiger charge is -2.33. The van der Waals surface area contributed by atoms with Crippen LogP contribution in [0, 0.1) is 0 Å². The Morgan fingerprint density at radius 2 is 2.19 bits per heavy atom. The van der Waals surface area contributed by atoms with Crippen LogP contribution < -0.4 is 11.1 Å². The molecular formula is C16H18F4N4OS2. The number of piperidine rings is 1. The van der Waals surface area contributed by atoms with E-state index in [1.807, 2.05) is 11.9 Å². The van der Waals surface area contributed by atoms with E-state index < -0.39 is 23.6 Å². The number of benzene rings is 1. The molecule has 4 N–H and O–H groups in total. The highest BCUT2D eigenvalue weighted by Gasteiger charge is 2.34. The highest BCUT2D eigenvalue weighted by Crippen LogP contribution is 2.47. The summed E-state index contributed by atoms with van der Waals surface area (Å²) in [5.74, 6) is -0.392. The van der Waals surface area contributed by atoms with Gasteiger partial charge in [-0.05, 0) is 31.3 Å². The number of amidine groups is 1. The zero-order valence-corrected chi connectivity index (χ0v) is 15.9. The van der Waals surface area contributed by atoms with Gasteiger partial charge in [-0.1, -0.05) is 17.3 Å². The first-order valence-corrected chi connectivity index (χ1v) is 9.71. The quantitative estimate of drug-likeness (QED) is 0.173. The number of hydrogen-bond acceptors (Lipinski definition) is 6. The maximum atomic E-state index is 14.3. The number of hydrogen-bond donors (Lipinski definition) is 3. The summed E-state index contributed by atoms with van der Waals surface area (Å²) in [7, 11) is 1.84. The smallest absolute Gasteiger partial charge is 0.409 e. The van der Waals surface area contributed by atoms with Crippen molar-refractivity contribution in [2.75, 3.05) is 25.5 Å². The van der Waals surface area contributed by atoms with Crippen molar-refractivity contribution in [3.63, 3.8) is 0 Å². The number of anilines is 1. The summed E-state index contributed by atoms with van der Waals surface area (Å²) in [6, 6.07) is 4.42. The average Bonchev–Trinajstić information content (AvgIpc) is 2.94. The molecule has 27 heavy (non-hydrogen) atoms. The molecule has 5 nitrogen and oxygen atoms in total. The van der Waals surface area contributed by atoms with Crippen LogP contribution >= 0.6 is 23.1 Å². The Bertz CT molecular complexity index is 855. The second-order valence-corrected chi connectivity index (χ2v) is 8.39. The van der Waals surface area contributed by atoms with Gasteiger partial charge in [-0.15, -0.1) is 11.3 Å². The van der Waals surface area contributed by atoms with Crippen molar-refractivity contribution in [3.05, 3.63) is 23.1 Å². The number of rotatable bonds is 4. The van der Waals surface area contributed by atoms with E-state index in [4.69, 9.17) is 10.9 Å². The standard InChI is InChI=1S/C16H18F4N4OS2/c1-24-6-5-10(9(17)7-24)22-11-4-2-3-8-12(11)26-14(15(21)23-25)13(8)27-16(18,19)20/h2-4,9-10,22,25H,5-7H2,1H3,(H2,21,23)/t9-,10+/m0/s1.